The number of rotatable bonds is 5. The lowest BCUT2D eigenvalue weighted by Crippen LogP contribution is -2.26. The molecule has 0 radical (unpaired) electrons. The Labute approximate surface area is 161 Å². The summed E-state index contributed by atoms with van der Waals surface area (Å²) in [6.07, 6.45) is 4.77. The van der Waals surface area contributed by atoms with Crippen LogP contribution in [0.1, 0.15) is 48.8 Å². The minimum Gasteiger partial charge on any atom is -0.490 e. The van der Waals surface area contributed by atoms with Gasteiger partial charge in [-0.25, -0.2) is 0 Å². The predicted octanol–water partition coefficient (Wildman–Crippen LogP) is 5.14. The third-order valence-corrected chi connectivity index (χ3v) is 5.06. The third kappa shape index (κ3) is 5.59. The number of aryl methyl sites for hydroxylation is 2. The maximum absolute atomic E-state index is 12.3. The Morgan fingerprint density at radius 2 is 1.70 bits per heavy atom. The van der Waals surface area contributed by atoms with Gasteiger partial charge >= 0.3 is 0 Å². The van der Waals surface area contributed by atoms with E-state index in [0.717, 1.165) is 37.1 Å². The second-order valence-electron chi connectivity index (χ2n) is 7.53. The number of benzene rings is 2. The van der Waals surface area contributed by atoms with Crippen LogP contribution in [-0.2, 0) is 4.79 Å². The van der Waals surface area contributed by atoms with Gasteiger partial charge in [-0.3, -0.25) is 4.79 Å². The molecule has 0 aromatic heterocycles. The molecule has 0 unspecified atom stereocenters. The van der Waals surface area contributed by atoms with Gasteiger partial charge in [0.2, 0.25) is 5.91 Å². The van der Waals surface area contributed by atoms with E-state index in [0.29, 0.717) is 17.9 Å². The Balaban J connectivity index is 1.44. The van der Waals surface area contributed by atoms with Crippen molar-refractivity contribution in [2.45, 2.75) is 52.1 Å². The molecule has 0 saturated heterocycles. The van der Waals surface area contributed by atoms with Crippen LogP contribution in [0, 0.1) is 31.1 Å². The topological polar surface area (TPSA) is 62.1 Å². The fourth-order valence-corrected chi connectivity index (χ4v) is 3.75. The largest absolute Gasteiger partial charge is 0.490 e. The Morgan fingerprint density at radius 1 is 1.07 bits per heavy atom. The molecule has 140 valence electrons. The average molecular weight is 362 g/mol. The molecule has 27 heavy (non-hydrogen) atoms. The zero-order chi connectivity index (χ0) is 19.2. The Bertz CT molecular complexity index is 808. The van der Waals surface area contributed by atoms with Crippen LogP contribution in [0.2, 0.25) is 0 Å². The van der Waals surface area contributed by atoms with Crippen molar-refractivity contribution in [2.75, 3.05) is 5.32 Å². The van der Waals surface area contributed by atoms with Gasteiger partial charge in [-0.15, -0.1) is 0 Å². The number of carbonyl (C=O) groups is 1. The highest BCUT2D eigenvalue weighted by atomic mass is 16.5. The van der Waals surface area contributed by atoms with Crippen LogP contribution in [0.3, 0.4) is 0 Å². The van der Waals surface area contributed by atoms with Gasteiger partial charge in [0.15, 0.2) is 0 Å². The first-order chi connectivity index (χ1) is 13.0. The van der Waals surface area contributed by atoms with Crippen molar-refractivity contribution in [3.05, 3.63) is 59.2 Å². The summed E-state index contributed by atoms with van der Waals surface area (Å²) in [6.45, 7) is 4.17. The minimum absolute atomic E-state index is 0.0402. The van der Waals surface area contributed by atoms with Gasteiger partial charge in [-0.05, 0) is 93.0 Å². The van der Waals surface area contributed by atoms with Crippen LogP contribution in [0.5, 0.6) is 5.75 Å². The first kappa shape index (κ1) is 19.0. The SMILES string of the molecule is Cc1cc(C)cc(OC2CCC(CC(=O)Nc3ccc(C#N)cc3)CC2)c1. The third-order valence-electron chi connectivity index (χ3n) is 5.06. The molecular formula is C23H26N2O2. The molecule has 0 bridgehead atoms. The van der Waals surface area contributed by atoms with Crippen LogP contribution in [0.15, 0.2) is 42.5 Å². The molecule has 3 rings (SSSR count). The molecule has 1 amide bonds. The fourth-order valence-electron chi connectivity index (χ4n) is 3.75. The average Bonchev–Trinajstić information content (AvgIpc) is 2.63. The molecule has 0 atom stereocenters. The number of nitrogens with zero attached hydrogens (tertiary/aromatic N) is 1. The van der Waals surface area contributed by atoms with Gasteiger partial charge < -0.3 is 10.1 Å². The van der Waals surface area contributed by atoms with Gasteiger partial charge in [0.1, 0.15) is 5.75 Å². The number of hydrogen-bond acceptors (Lipinski definition) is 3. The summed E-state index contributed by atoms with van der Waals surface area (Å²) in [5.41, 5.74) is 3.78. The summed E-state index contributed by atoms with van der Waals surface area (Å²) in [5.74, 6) is 1.40. The van der Waals surface area contributed by atoms with E-state index < -0.39 is 0 Å². The molecule has 0 aliphatic heterocycles. The van der Waals surface area contributed by atoms with Gasteiger partial charge in [0.25, 0.3) is 0 Å². The zero-order valence-corrected chi connectivity index (χ0v) is 16.0. The van der Waals surface area contributed by atoms with Crippen LogP contribution in [0.25, 0.3) is 0 Å². The van der Waals surface area contributed by atoms with Gasteiger partial charge in [0.05, 0.1) is 17.7 Å². The second kappa shape index (κ2) is 8.73. The number of amides is 1. The van der Waals surface area contributed by atoms with Crippen molar-refractivity contribution in [2.24, 2.45) is 5.92 Å². The second-order valence-corrected chi connectivity index (χ2v) is 7.53. The van der Waals surface area contributed by atoms with E-state index in [1.54, 1.807) is 24.3 Å². The molecule has 1 N–H and O–H groups in total. The summed E-state index contributed by atoms with van der Waals surface area (Å²) < 4.78 is 6.16. The first-order valence-electron chi connectivity index (χ1n) is 9.57. The van der Waals surface area contributed by atoms with E-state index in [1.165, 1.54) is 11.1 Å². The molecule has 4 nitrogen and oxygen atoms in total. The molecule has 1 aliphatic rings. The van der Waals surface area contributed by atoms with Crippen molar-refractivity contribution in [1.82, 2.24) is 0 Å². The normalized spacial score (nSPS) is 19.1. The van der Waals surface area contributed by atoms with Gasteiger partial charge in [-0.2, -0.15) is 5.26 Å². The molecule has 1 fully saturated rings. The fraction of sp³-hybridized carbons (Fsp3) is 0.391. The molecule has 0 spiro atoms. The number of anilines is 1. The van der Waals surface area contributed by atoms with Crippen molar-refractivity contribution in [3.63, 3.8) is 0 Å². The van der Waals surface area contributed by atoms with Crippen LogP contribution >= 0.6 is 0 Å². The van der Waals surface area contributed by atoms with Gasteiger partial charge in [0, 0.05) is 12.1 Å². The molecule has 2 aromatic rings. The van der Waals surface area contributed by atoms with Crippen molar-refractivity contribution < 1.29 is 9.53 Å². The molecule has 4 heteroatoms. The highest BCUT2D eigenvalue weighted by Crippen LogP contribution is 2.30. The molecule has 1 saturated carbocycles. The summed E-state index contributed by atoms with van der Waals surface area (Å²) >= 11 is 0. The first-order valence-corrected chi connectivity index (χ1v) is 9.57. The maximum Gasteiger partial charge on any atom is 0.224 e. The zero-order valence-electron chi connectivity index (χ0n) is 16.0. The highest BCUT2D eigenvalue weighted by Gasteiger charge is 2.24. The number of nitrogens with one attached hydrogen (secondary N) is 1. The Hall–Kier alpha value is -2.80. The van der Waals surface area contributed by atoms with Crippen LogP contribution in [0.4, 0.5) is 5.69 Å². The summed E-state index contributed by atoms with van der Waals surface area (Å²) in [7, 11) is 0. The van der Waals surface area contributed by atoms with E-state index in [9.17, 15) is 4.79 Å². The van der Waals surface area contributed by atoms with E-state index in [-0.39, 0.29) is 12.0 Å². The van der Waals surface area contributed by atoms with Crippen molar-refractivity contribution >= 4 is 11.6 Å². The maximum atomic E-state index is 12.3. The van der Waals surface area contributed by atoms with E-state index >= 15 is 0 Å². The Kier molecular flexibility index (Phi) is 6.13. The summed E-state index contributed by atoms with van der Waals surface area (Å²) in [5, 5.41) is 11.7. The summed E-state index contributed by atoms with van der Waals surface area (Å²) in [4.78, 5) is 12.3. The Morgan fingerprint density at radius 3 is 2.30 bits per heavy atom. The van der Waals surface area contributed by atoms with E-state index in [2.05, 4.69) is 43.4 Å². The number of hydrogen-bond donors (Lipinski definition) is 1. The predicted molar refractivity (Wildman–Crippen MR) is 107 cm³/mol. The summed E-state index contributed by atoms with van der Waals surface area (Å²) in [6, 6.07) is 15.4. The van der Waals surface area contributed by atoms with Crippen molar-refractivity contribution in [1.29, 1.82) is 5.26 Å². The highest BCUT2D eigenvalue weighted by molar-refractivity contribution is 5.90. The lowest BCUT2D eigenvalue weighted by molar-refractivity contribution is -0.117. The monoisotopic (exact) mass is 362 g/mol. The molecule has 1 aliphatic carbocycles. The molecular weight excluding hydrogens is 336 g/mol. The quantitative estimate of drug-likeness (QED) is 0.801. The smallest absolute Gasteiger partial charge is 0.224 e. The lowest BCUT2D eigenvalue weighted by atomic mass is 9.85. The number of ether oxygens (including phenoxy) is 1. The van der Waals surface area contributed by atoms with E-state index in [4.69, 9.17) is 10.00 Å². The minimum atomic E-state index is 0.0402. The standard InChI is InChI=1S/C23H26N2O2/c1-16-11-17(2)13-22(12-16)27-21-9-5-18(6-10-21)14-23(26)25-20-7-3-19(15-24)4-8-20/h3-4,7-8,11-13,18,21H,5-6,9-10,14H2,1-2H3,(H,25,26). The van der Waals surface area contributed by atoms with Crippen LogP contribution < -0.4 is 10.1 Å². The van der Waals surface area contributed by atoms with Crippen LogP contribution in [-0.4, -0.2) is 12.0 Å². The number of carbonyl (C=O) groups excluding carboxylic acids is 1. The number of nitriles is 1. The lowest BCUT2D eigenvalue weighted by Gasteiger charge is -2.29. The molecule has 0 heterocycles. The molecule has 2 aromatic carbocycles. The van der Waals surface area contributed by atoms with E-state index in [1.807, 2.05) is 0 Å². The van der Waals surface area contributed by atoms with Gasteiger partial charge in [-0.1, -0.05) is 6.07 Å². The van der Waals surface area contributed by atoms with Crippen molar-refractivity contribution in [3.8, 4) is 11.8 Å².